The van der Waals surface area contributed by atoms with Crippen molar-refractivity contribution in [2.24, 2.45) is 0 Å². The van der Waals surface area contributed by atoms with E-state index >= 15 is 0 Å². The second-order valence-electron chi connectivity index (χ2n) is 6.04. The molecule has 0 spiro atoms. The summed E-state index contributed by atoms with van der Waals surface area (Å²) < 4.78 is 62.8. The minimum absolute atomic E-state index is 0.000627. The zero-order valence-corrected chi connectivity index (χ0v) is 16.4. The normalized spacial score (nSPS) is 11.9. The molecule has 0 aliphatic heterocycles. The molecule has 152 valence electrons. The Morgan fingerprint density at radius 2 is 1.64 bits per heavy atom. The number of rotatable bonds is 7. The van der Waals surface area contributed by atoms with Gasteiger partial charge in [-0.2, -0.15) is 13.2 Å². The average Bonchev–Trinajstić information content (AvgIpc) is 2.58. The third-order valence-electron chi connectivity index (χ3n) is 3.78. The molecule has 0 radical (unpaired) electrons. The van der Waals surface area contributed by atoms with Crippen molar-refractivity contribution in [2.45, 2.75) is 19.0 Å². The van der Waals surface area contributed by atoms with Crippen LogP contribution in [0.2, 0.25) is 5.02 Å². The zero-order chi connectivity index (χ0) is 20.9. The van der Waals surface area contributed by atoms with E-state index in [1.807, 2.05) is 0 Å². The molecule has 0 bridgehead atoms. The van der Waals surface area contributed by atoms with Crippen LogP contribution in [0.5, 0.6) is 0 Å². The van der Waals surface area contributed by atoms with E-state index in [2.05, 4.69) is 5.32 Å². The topological polar surface area (TPSA) is 66.5 Å². The van der Waals surface area contributed by atoms with E-state index in [0.29, 0.717) is 10.7 Å². The molecule has 0 heterocycles. The Hall–Kier alpha value is -2.26. The first-order valence-corrected chi connectivity index (χ1v) is 10.4. The predicted molar refractivity (Wildman–Crippen MR) is 103 cm³/mol. The molecule has 1 amide bonds. The van der Waals surface area contributed by atoms with Gasteiger partial charge in [-0.05, 0) is 55.0 Å². The lowest BCUT2D eigenvalue weighted by atomic mass is 10.2. The van der Waals surface area contributed by atoms with E-state index in [4.69, 9.17) is 11.6 Å². The molecule has 2 rings (SSSR count). The van der Waals surface area contributed by atoms with Crippen molar-refractivity contribution in [1.82, 2.24) is 0 Å². The molecule has 0 unspecified atom stereocenters. The fourth-order valence-corrected chi connectivity index (χ4v) is 3.53. The van der Waals surface area contributed by atoms with Crippen molar-refractivity contribution < 1.29 is 26.4 Å². The van der Waals surface area contributed by atoms with Gasteiger partial charge in [0.2, 0.25) is 15.9 Å². The number of benzene rings is 2. The molecule has 0 aromatic heterocycles. The molecule has 1 N–H and O–H groups in total. The van der Waals surface area contributed by atoms with Crippen molar-refractivity contribution in [2.75, 3.05) is 22.4 Å². The van der Waals surface area contributed by atoms with Crippen molar-refractivity contribution in [1.29, 1.82) is 0 Å². The lowest BCUT2D eigenvalue weighted by Crippen LogP contribution is -2.31. The van der Waals surface area contributed by atoms with Crippen LogP contribution in [0.4, 0.5) is 24.5 Å². The predicted octanol–water partition coefficient (Wildman–Crippen LogP) is 4.54. The number of alkyl halides is 3. The summed E-state index contributed by atoms with van der Waals surface area (Å²) in [5.74, 6) is -0.427. The summed E-state index contributed by atoms with van der Waals surface area (Å²) in [6.07, 6.45) is -3.16. The maximum absolute atomic E-state index is 12.5. The number of amides is 1. The van der Waals surface area contributed by atoms with Gasteiger partial charge in [-0.25, -0.2) is 8.42 Å². The van der Waals surface area contributed by atoms with E-state index in [-0.39, 0.29) is 25.1 Å². The van der Waals surface area contributed by atoms with Crippen LogP contribution in [0.25, 0.3) is 0 Å². The molecule has 2 aromatic carbocycles. The molecular formula is C18H18ClF3N2O3S. The van der Waals surface area contributed by atoms with Gasteiger partial charge in [-0.15, -0.1) is 0 Å². The van der Waals surface area contributed by atoms with Gasteiger partial charge in [-0.1, -0.05) is 11.6 Å². The van der Waals surface area contributed by atoms with Crippen LogP contribution < -0.4 is 9.62 Å². The highest BCUT2D eigenvalue weighted by atomic mass is 35.5. The van der Waals surface area contributed by atoms with E-state index < -0.39 is 27.7 Å². The van der Waals surface area contributed by atoms with Gasteiger partial charge in [0.15, 0.2) is 0 Å². The van der Waals surface area contributed by atoms with Gasteiger partial charge in [0.25, 0.3) is 0 Å². The van der Waals surface area contributed by atoms with E-state index in [9.17, 15) is 26.4 Å². The third kappa shape index (κ3) is 6.42. The lowest BCUT2D eigenvalue weighted by molar-refractivity contribution is -0.137. The number of hydrogen-bond donors (Lipinski definition) is 1. The van der Waals surface area contributed by atoms with Gasteiger partial charge >= 0.3 is 6.18 Å². The highest BCUT2D eigenvalue weighted by Gasteiger charge is 2.30. The quantitative estimate of drug-likeness (QED) is 0.695. The van der Waals surface area contributed by atoms with Gasteiger partial charge < -0.3 is 5.32 Å². The summed E-state index contributed by atoms with van der Waals surface area (Å²) >= 11 is 5.80. The Kier molecular flexibility index (Phi) is 6.95. The molecule has 0 aliphatic carbocycles. The molecule has 0 atom stereocenters. The first-order chi connectivity index (χ1) is 13.0. The van der Waals surface area contributed by atoms with E-state index in [0.717, 1.165) is 34.8 Å². The number of halogens is 4. The number of hydrogen-bond acceptors (Lipinski definition) is 3. The Bertz CT molecular complexity index is 915. The first kappa shape index (κ1) is 22.0. The lowest BCUT2D eigenvalue weighted by Gasteiger charge is -2.22. The standard InChI is InChI=1S/C18H18ClF3N2O3S/c1-28(26,27)24(16-10-6-14(19)7-11-16)12-2-3-17(25)23-15-8-4-13(5-9-15)18(20,21)22/h4-11H,2-3,12H2,1H3,(H,23,25). The molecular weight excluding hydrogens is 417 g/mol. The smallest absolute Gasteiger partial charge is 0.326 e. The summed E-state index contributed by atoms with van der Waals surface area (Å²) in [5.41, 5.74) is -0.150. The molecule has 0 fully saturated rings. The second-order valence-corrected chi connectivity index (χ2v) is 8.38. The fraction of sp³-hybridized carbons (Fsp3) is 0.278. The number of sulfonamides is 1. The third-order valence-corrected chi connectivity index (χ3v) is 5.22. The zero-order valence-electron chi connectivity index (χ0n) is 14.8. The second kappa shape index (κ2) is 8.83. The number of nitrogens with zero attached hydrogens (tertiary/aromatic N) is 1. The molecule has 10 heteroatoms. The summed E-state index contributed by atoms with van der Waals surface area (Å²) in [6.45, 7) is 0.0703. The van der Waals surface area contributed by atoms with Crippen LogP contribution in [0.15, 0.2) is 48.5 Å². The monoisotopic (exact) mass is 434 g/mol. The summed E-state index contributed by atoms with van der Waals surface area (Å²) in [6, 6.07) is 10.3. The summed E-state index contributed by atoms with van der Waals surface area (Å²) in [7, 11) is -3.55. The Morgan fingerprint density at radius 3 is 2.14 bits per heavy atom. The van der Waals surface area contributed by atoms with Crippen molar-refractivity contribution in [3.05, 3.63) is 59.1 Å². The Morgan fingerprint density at radius 1 is 1.07 bits per heavy atom. The maximum atomic E-state index is 12.5. The van der Waals surface area contributed by atoms with E-state index in [1.165, 1.54) is 0 Å². The molecule has 0 saturated heterocycles. The molecule has 5 nitrogen and oxygen atoms in total. The van der Waals surface area contributed by atoms with Crippen LogP contribution >= 0.6 is 11.6 Å². The van der Waals surface area contributed by atoms with Gasteiger partial charge in [0.1, 0.15) is 0 Å². The number of anilines is 2. The summed E-state index contributed by atoms with van der Waals surface area (Å²) in [4.78, 5) is 12.0. The van der Waals surface area contributed by atoms with Crippen molar-refractivity contribution in [3.63, 3.8) is 0 Å². The Balaban J connectivity index is 1.93. The highest BCUT2D eigenvalue weighted by Crippen LogP contribution is 2.29. The Labute approximate surface area is 166 Å². The van der Waals surface area contributed by atoms with Crippen LogP contribution in [0, 0.1) is 0 Å². The number of nitrogens with one attached hydrogen (secondary N) is 1. The van der Waals surface area contributed by atoms with Crippen molar-refractivity contribution >= 4 is 38.9 Å². The highest BCUT2D eigenvalue weighted by molar-refractivity contribution is 7.92. The average molecular weight is 435 g/mol. The molecule has 0 aliphatic rings. The molecule has 2 aromatic rings. The van der Waals surface area contributed by atoms with Gasteiger partial charge in [0.05, 0.1) is 17.5 Å². The summed E-state index contributed by atoms with van der Waals surface area (Å²) in [5, 5.41) is 2.95. The fourth-order valence-electron chi connectivity index (χ4n) is 2.44. The minimum Gasteiger partial charge on any atom is -0.326 e. The van der Waals surface area contributed by atoms with Crippen LogP contribution in [-0.4, -0.2) is 27.1 Å². The number of carbonyl (C=O) groups is 1. The largest absolute Gasteiger partial charge is 0.416 e. The van der Waals surface area contributed by atoms with Crippen LogP contribution in [-0.2, 0) is 21.0 Å². The van der Waals surface area contributed by atoms with E-state index in [1.54, 1.807) is 24.3 Å². The van der Waals surface area contributed by atoms with Crippen LogP contribution in [0.3, 0.4) is 0 Å². The maximum Gasteiger partial charge on any atom is 0.416 e. The molecule has 0 saturated carbocycles. The minimum atomic E-state index is -4.45. The first-order valence-electron chi connectivity index (χ1n) is 8.17. The SMILES string of the molecule is CS(=O)(=O)N(CCCC(=O)Nc1ccc(C(F)(F)F)cc1)c1ccc(Cl)cc1. The molecule has 28 heavy (non-hydrogen) atoms. The van der Waals surface area contributed by atoms with Gasteiger partial charge in [-0.3, -0.25) is 9.10 Å². The van der Waals surface area contributed by atoms with Gasteiger partial charge in [0, 0.05) is 23.7 Å². The number of carbonyl (C=O) groups excluding carboxylic acids is 1. The van der Waals surface area contributed by atoms with Crippen LogP contribution in [0.1, 0.15) is 18.4 Å². The van der Waals surface area contributed by atoms with Crippen molar-refractivity contribution in [3.8, 4) is 0 Å².